The van der Waals surface area contributed by atoms with Crippen LogP contribution in [0.15, 0.2) is 66.7 Å². The number of nitrogens with one attached hydrogen (secondary N) is 1. The minimum absolute atomic E-state index is 0.00413. The lowest BCUT2D eigenvalue weighted by atomic mass is 10.1. The number of hydrogen-bond acceptors (Lipinski definition) is 3. The maximum atomic E-state index is 13.8. The van der Waals surface area contributed by atoms with Crippen molar-refractivity contribution < 1.29 is 22.7 Å². The van der Waals surface area contributed by atoms with Crippen LogP contribution in [-0.4, -0.2) is 15.7 Å². The van der Waals surface area contributed by atoms with E-state index in [-0.39, 0.29) is 18.3 Å². The van der Waals surface area contributed by atoms with Gasteiger partial charge in [-0.05, 0) is 54.4 Å². The molecule has 0 saturated heterocycles. The highest BCUT2D eigenvalue weighted by Gasteiger charge is 2.13. The molecule has 4 rings (SSSR count). The van der Waals surface area contributed by atoms with Gasteiger partial charge >= 0.3 is 0 Å². The van der Waals surface area contributed by atoms with Gasteiger partial charge in [0.15, 0.2) is 17.4 Å². The quantitative estimate of drug-likeness (QED) is 0.342. The van der Waals surface area contributed by atoms with Crippen molar-refractivity contribution in [3.8, 4) is 5.75 Å². The van der Waals surface area contributed by atoms with E-state index in [4.69, 9.17) is 16.3 Å². The van der Waals surface area contributed by atoms with Crippen molar-refractivity contribution in [2.24, 2.45) is 0 Å². The first-order valence-electron chi connectivity index (χ1n) is 10.2. The maximum Gasteiger partial charge on any atom is 0.256 e. The molecule has 0 unspecified atom stereocenters. The zero-order valence-electron chi connectivity index (χ0n) is 18.0. The summed E-state index contributed by atoms with van der Waals surface area (Å²) in [4.78, 5) is 12.7. The highest BCUT2D eigenvalue weighted by molar-refractivity contribution is 6.31. The number of hydrogen-bond donors (Lipinski definition) is 1. The van der Waals surface area contributed by atoms with Crippen LogP contribution in [0.3, 0.4) is 0 Å². The molecule has 3 aromatic carbocycles. The monoisotopic (exact) mass is 485 g/mol. The highest BCUT2D eigenvalue weighted by Crippen LogP contribution is 2.21. The minimum atomic E-state index is -0.804. The summed E-state index contributed by atoms with van der Waals surface area (Å²) in [5, 5.41) is 7.42. The molecule has 0 atom stereocenters. The van der Waals surface area contributed by atoms with Crippen LogP contribution in [0.1, 0.15) is 27.2 Å². The third-order valence-electron chi connectivity index (χ3n) is 5.04. The summed E-state index contributed by atoms with van der Waals surface area (Å²) in [6, 6.07) is 15.5. The molecule has 0 saturated carbocycles. The van der Waals surface area contributed by atoms with Gasteiger partial charge in [-0.15, -0.1) is 0 Å². The van der Waals surface area contributed by atoms with Gasteiger partial charge < -0.3 is 10.1 Å². The van der Waals surface area contributed by atoms with Gasteiger partial charge in [-0.25, -0.2) is 13.2 Å². The molecular formula is C25H19ClF3N3O2. The van der Waals surface area contributed by atoms with Crippen LogP contribution in [-0.2, 0) is 13.2 Å². The van der Waals surface area contributed by atoms with E-state index in [1.165, 1.54) is 18.2 Å². The van der Waals surface area contributed by atoms with Gasteiger partial charge in [0.2, 0.25) is 0 Å². The van der Waals surface area contributed by atoms with E-state index in [0.29, 0.717) is 34.1 Å². The van der Waals surface area contributed by atoms with Crippen LogP contribution in [0, 0.1) is 24.4 Å². The zero-order valence-corrected chi connectivity index (χ0v) is 18.7. The first-order chi connectivity index (χ1) is 16.3. The standard InChI is InChI=1S/C25H19ClF3N3O2/c1-15-9-24(31-32(15)13-18-5-6-19(27)11-21(18)26)30-25(33)17-4-2-3-16(10-17)14-34-23-8-7-20(28)12-22(23)29/h2-12H,13-14H2,1H3,(H,30,31,33). The highest BCUT2D eigenvalue weighted by atomic mass is 35.5. The van der Waals surface area contributed by atoms with E-state index in [9.17, 15) is 18.0 Å². The number of rotatable bonds is 7. The number of ether oxygens (including phenoxy) is 1. The Labute approximate surface area is 198 Å². The summed E-state index contributed by atoms with van der Waals surface area (Å²) in [6.07, 6.45) is 0. The molecule has 0 aliphatic carbocycles. The normalized spacial score (nSPS) is 10.9. The number of carbonyl (C=O) groups excluding carboxylic acids is 1. The van der Waals surface area contributed by atoms with Crippen LogP contribution in [0.5, 0.6) is 5.75 Å². The predicted octanol–water partition coefficient (Wildman–Crippen LogP) is 6.14. The summed E-state index contributed by atoms with van der Waals surface area (Å²) >= 11 is 6.10. The Morgan fingerprint density at radius 1 is 1.03 bits per heavy atom. The van der Waals surface area contributed by atoms with Crippen molar-refractivity contribution in [1.82, 2.24) is 9.78 Å². The Hall–Kier alpha value is -3.78. The van der Waals surface area contributed by atoms with Gasteiger partial charge in [-0.3, -0.25) is 9.48 Å². The number of nitrogens with zero attached hydrogens (tertiary/aromatic N) is 2. The second-order valence-corrected chi connectivity index (χ2v) is 7.99. The summed E-state index contributed by atoms with van der Waals surface area (Å²) < 4.78 is 47.1. The molecule has 1 heterocycles. The van der Waals surface area contributed by atoms with Crippen molar-refractivity contribution in [2.75, 3.05) is 5.32 Å². The molecule has 9 heteroatoms. The fourth-order valence-electron chi connectivity index (χ4n) is 3.29. The van der Waals surface area contributed by atoms with Crippen molar-refractivity contribution in [2.45, 2.75) is 20.1 Å². The van der Waals surface area contributed by atoms with E-state index >= 15 is 0 Å². The number of amides is 1. The SMILES string of the molecule is Cc1cc(NC(=O)c2cccc(COc3ccc(F)cc3F)c2)nn1Cc1ccc(F)cc1Cl. The van der Waals surface area contributed by atoms with Gasteiger partial charge in [0, 0.05) is 28.4 Å². The van der Waals surface area contributed by atoms with Crippen LogP contribution in [0.25, 0.3) is 0 Å². The lowest BCUT2D eigenvalue weighted by Gasteiger charge is -2.09. The molecule has 34 heavy (non-hydrogen) atoms. The smallest absolute Gasteiger partial charge is 0.256 e. The zero-order chi connectivity index (χ0) is 24.2. The first kappa shape index (κ1) is 23.4. The van der Waals surface area contributed by atoms with E-state index in [1.54, 1.807) is 41.1 Å². The molecule has 1 amide bonds. The maximum absolute atomic E-state index is 13.8. The van der Waals surface area contributed by atoms with Crippen molar-refractivity contribution in [3.05, 3.63) is 112 Å². The summed E-state index contributed by atoms with van der Waals surface area (Å²) in [5.41, 5.74) is 2.45. The van der Waals surface area contributed by atoms with Crippen molar-refractivity contribution in [3.63, 3.8) is 0 Å². The molecule has 4 aromatic rings. The molecule has 5 nitrogen and oxygen atoms in total. The third-order valence-corrected chi connectivity index (χ3v) is 5.39. The second kappa shape index (κ2) is 10.0. The topological polar surface area (TPSA) is 56.1 Å². The number of aryl methyl sites for hydroxylation is 1. The molecule has 1 N–H and O–H groups in total. The van der Waals surface area contributed by atoms with E-state index in [0.717, 1.165) is 17.8 Å². The lowest BCUT2D eigenvalue weighted by molar-refractivity contribution is 0.102. The van der Waals surface area contributed by atoms with Crippen LogP contribution in [0.4, 0.5) is 19.0 Å². The molecule has 0 radical (unpaired) electrons. The van der Waals surface area contributed by atoms with Crippen molar-refractivity contribution in [1.29, 1.82) is 0 Å². The largest absolute Gasteiger partial charge is 0.486 e. The average Bonchev–Trinajstić information content (AvgIpc) is 3.13. The van der Waals surface area contributed by atoms with Crippen LogP contribution in [0.2, 0.25) is 5.02 Å². The fourth-order valence-corrected chi connectivity index (χ4v) is 3.51. The summed E-state index contributed by atoms with van der Waals surface area (Å²) in [5.74, 6) is -2.05. The van der Waals surface area contributed by atoms with Gasteiger partial charge in [-0.2, -0.15) is 5.10 Å². The molecule has 0 bridgehead atoms. The number of anilines is 1. The average molecular weight is 486 g/mol. The molecular weight excluding hydrogens is 467 g/mol. The van der Waals surface area contributed by atoms with Gasteiger partial charge in [0.1, 0.15) is 18.2 Å². The van der Waals surface area contributed by atoms with Crippen molar-refractivity contribution >= 4 is 23.3 Å². The summed E-state index contributed by atoms with van der Waals surface area (Å²) in [7, 11) is 0. The van der Waals surface area contributed by atoms with E-state index < -0.39 is 17.5 Å². The van der Waals surface area contributed by atoms with Crippen LogP contribution < -0.4 is 10.1 Å². The Bertz CT molecular complexity index is 1360. The molecule has 0 aliphatic heterocycles. The first-order valence-corrected chi connectivity index (χ1v) is 10.6. The molecule has 1 aromatic heterocycles. The minimum Gasteiger partial charge on any atom is -0.486 e. The fraction of sp³-hybridized carbons (Fsp3) is 0.120. The van der Waals surface area contributed by atoms with Gasteiger partial charge in [-0.1, -0.05) is 29.8 Å². The second-order valence-electron chi connectivity index (χ2n) is 7.58. The summed E-state index contributed by atoms with van der Waals surface area (Å²) in [6.45, 7) is 2.13. The Kier molecular flexibility index (Phi) is 6.88. The molecule has 174 valence electrons. The third kappa shape index (κ3) is 5.58. The van der Waals surface area contributed by atoms with Gasteiger partial charge in [0.05, 0.1) is 6.54 Å². The van der Waals surface area contributed by atoms with Crippen LogP contribution >= 0.6 is 11.6 Å². The van der Waals surface area contributed by atoms with Gasteiger partial charge in [0.25, 0.3) is 5.91 Å². The molecule has 0 fully saturated rings. The molecule has 0 aliphatic rings. The van der Waals surface area contributed by atoms with E-state index in [2.05, 4.69) is 10.4 Å². The Morgan fingerprint density at radius 3 is 2.56 bits per heavy atom. The number of halogens is 4. The predicted molar refractivity (Wildman–Crippen MR) is 123 cm³/mol. The number of carbonyl (C=O) groups is 1. The molecule has 0 spiro atoms. The number of aromatic nitrogens is 2. The Balaban J connectivity index is 1.42. The lowest BCUT2D eigenvalue weighted by Crippen LogP contribution is -2.13. The number of benzene rings is 3. The Morgan fingerprint density at radius 2 is 1.79 bits per heavy atom. The van der Waals surface area contributed by atoms with E-state index in [1.807, 2.05) is 6.92 Å².